The lowest BCUT2D eigenvalue weighted by molar-refractivity contribution is -0.170. The molecule has 0 amide bonds. The van der Waals surface area contributed by atoms with Gasteiger partial charge in [-0.1, -0.05) is 23.7 Å². The van der Waals surface area contributed by atoms with E-state index in [0.717, 1.165) is 16.3 Å². The van der Waals surface area contributed by atoms with Gasteiger partial charge in [-0.2, -0.15) is 0 Å². The monoisotopic (exact) mass is 319 g/mol. The number of benzene rings is 2. The van der Waals surface area contributed by atoms with Crippen LogP contribution in [0.1, 0.15) is 19.4 Å². The van der Waals surface area contributed by atoms with Crippen LogP contribution in [0.5, 0.6) is 5.75 Å². The summed E-state index contributed by atoms with van der Waals surface area (Å²) in [5.74, 6) is -0.358. The molecule has 0 spiro atoms. The lowest BCUT2D eigenvalue weighted by Gasteiger charge is -2.24. The molecule has 0 atom stereocenters. The molecule has 0 aromatic heterocycles. The van der Waals surface area contributed by atoms with E-state index in [1.165, 1.54) is 0 Å². The maximum atomic E-state index is 10.4. The van der Waals surface area contributed by atoms with E-state index < -0.39 is 5.79 Å². The zero-order valence-corrected chi connectivity index (χ0v) is 13.3. The summed E-state index contributed by atoms with van der Waals surface area (Å²) in [7, 11) is 0. The molecule has 5 heteroatoms. The third-order valence-electron chi connectivity index (χ3n) is 2.96. The van der Waals surface area contributed by atoms with Gasteiger partial charge in [-0.15, -0.1) is 0 Å². The third kappa shape index (κ3) is 4.97. The highest BCUT2D eigenvalue weighted by atomic mass is 35.5. The topological polar surface area (TPSA) is 47.6 Å². The van der Waals surface area contributed by atoms with E-state index in [4.69, 9.17) is 21.1 Å². The van der Waals surface area contributed by atoms with Gasteiger partial charge < -0.3 is 14.8 Å². The number of anilines is 1. The normalized spacial score (nSPS) is 10.9. The molecule has 0 fully saturated rings. The number of halogens is 1. The van der Waals surface area contributed by atoms with Gasteiger partial charge in [0.15, 0.2) is 0 Å². The molecule has 0 aliphatic rings. The molecular formula is C17H18ClNO3. The highest BCUT2D eigenvalue weighted by Crippen LogP contribution is 2.21. The van der Waals surface area contributed by atoms with Gasteiger partial charge >= 0.3 is 0 Å². The highest BCUT2D eigenvalue weighted by Gasteiger charge is 2.20. The summed E-state index contributed by atoms with van der Waals surface area (Å²) >= 11 is 5.86. The Balaban J connectivity index is 1.91. The molecule has 0 unspecified atom stereocenters. The summed E-state index contributed by atoms with van der Waals surface area (Å²) in [5.41, 5.74) is 2.11. The first kappa shape index (κ1) is 16.2. The van der Waals surface area contributed by atoms with Gasteiger partial charge in [0.2, 0.25) is 5.79 Å². The second-order valence-electron chi connectivity index (χ2n) is 5.22. The summed E-state index contributed by atoms with van der Waals surface area (Å²) in [6, 6.07) is 15.1. The molecule has 2 rings (SSSR count). The van der Waals surface area contributed by atoms with Crippen LogP contribution in [-0.2, 0) is 16.1 Å². The Labute approximate surface area is 135 Å². The van der Waals surface area contributed by atoms with Gasteiger partial charge in [0.05, 0.1) is 0 Å². The Morgan fingerprint density at radius 3 is 2.32 bits per heavy atom. The Morgan fingerprint density at radius 1 is 1.09 bits per heavy atom. The molecule has 0 bridgehead atoms. The van der Waals surface area contributed by atoms with Gasteiger partial charge in [-0.05, 0) is 42.0 Å². The predicted octanol–water partition coefficient (Wildman–Crippen LogP) is 4.24. The van der Waals surface area contributed by atoms with Crippen LogP contribution in [0.3, 0.4) is 0 Å². The van der Waals surface area contributed by atoms with Crippen LogP contribution in [0.4, 0.5) is 5.69 Å². The van der Waals surface area contributed by atoms with Crippen molar-refractivity contribution in [2.24, 2.45) is 0 Å². The van der Waals surface area contributed by atoms with Crippen LogP contribution >= 0.6 is 11.6 Å². The van der Waals surface area contributed by atoms with Crippen molar-refractivity contribution in [3.8, 4) is 5.75 Å². The molecular weight excluding hydrogens is 302 g/mol. The predicted molar refractivity (Wildman–Crippen MR) is 87.1 cm³/mol. The van der Waals surface area contributed by atoms with Crippen molar-refractivity contribution in [2.75, 3.05) is 5.32 Å². The minimum Gasteiger partial charge on any atom is -0.453 e. The lowest BCUT2D eigenvalue weighted by Crippen LogP contribution is -2.31. The van der Waals surface area contributed by atoms with E-state index in [-0.39, 0.29) is 0 Å². The van der Waals surface area contributed by atoms with Crippen molar-refractivity contribution < 1.29 is 14.3 Å². The molecule has 0 aliphatic heterocycles. The molecule has 0 aliphatic carbocycles. The first-order valence-electron chi connectivity index (χ1n) is 6.87. The van der Waals surface area contributed by atoms with Gasteiger partial charge in [-0.25, -0.2) is 0 Å². The number of nitrogens with one attached hydrogen (secondary N) is 1. The van der Waals surface area contributed by atoms with E-state index in [9.17, 15) is 4.79 Å². The molecule has 2 aromatic carbocycles. The Bertz CT molecular complexity index is 609. The number of hydrogen-bond acceptors (Lipinski definition) is 4. The molecule has 2 aromatic rings. The maximum Gasteiger partial charge on any atom is 0.296 e. The number of carbonyl (C=O) groups excluding carboxylic acids is 1. The maximum absolute atomic E-state index is 10.4. The van der Waals surface area contributed by atoms with Crippen LogP contribution < -0.4 is 10.1 Å². The highest BCUT2D eigenvalue weighted by molar-refractivity contribution is 6.30. The zero-order valence-electron chi connectivity index (χ0n) is 12.5. The van der Waals surface area contributed by atoms with E-state index in [1.807, 2.05) is 48.5 Å². The summed E-state index contributed by atoms with van der Waals surface area (Å²) in [4.78, 5) is 10.4. The summed E-state index contributed by atoms with van der Waals surface area (Å²) in [6.45, 7) is 4.43. The first-order valence-corrected chi connectivity index (χ1v) is 7.25. The minimum absolute atomic E-state index is 0.377. The number of carbonyl (C=O) groups is 1. The molecule has 22 heavy (non-hydrogen) atoms. The van der Waals surface area contributed by atoms with Gasteiger partial charge in [0.1, 0.15) is 5.75 Å². The summed E-state index contributed by atoms with van der Waals surface area (Å²) in [5, 5.41) is 4.04. The number of hydrogen-bond donors (Lipinski definition) is 1. The average Bonchev–Trinajstić information content (AvgIpc) is 2.48. The summed E-state index contributed by atoms with van der Waals surface area (Å²) < 4.78 is 10.4. The van der Waals surface area contributed by atoms with Crippen LogP contribution in [0.15, 0.2) is 48.5 Å². The second-order valence-corrected chi connectivity index (χ2v) is 5.66. The fourth-order valence-corrected chi connectivity index (χ4v) is 2.00. The van der Waals surface area contributed by atoms with Crippen molar-refractivity contribution in [2.45, 2.75) is 26.2 Å². The molecule has 0 heterocycles. The van der Waals surface area contributed by atoms with Gasteiger partial charge in [0, 0.05) is 31.1 Å². The quantitative estimate of drug-likeness (QED) is 0.612. The van der Waals surface area contributed by atoms with Crippen molar-refractivity contribution in [3.63, 3.8) is 0 Å². The third-order valence-corrected chi connectivity index (χ3v) is 3.21. The van der Waals surface area contributed by atoms with Crippen molar-refractivity contribution in [1.82, 2.24) is 0 Å². The van der Waals surface area contributed by atoms with E-state index in [1.54, 1.807) is 13.8 Å². The van der Waals surface area contributed by atoms with Gasteiger partial charge in [-0.3, -0.25) is 4.79 Å². The molecule has 0 saturated carbocycles. The van der Waals surface area contributed by atoms with Crippen LogP contribution in [-0.4, -0.2) is 12.3 Å². The fourth-order valence-electron chi connectivity index (χ4n) is 1.87. The molecule has 0 radical (unpaired) electrons. The standard InChI is InChI=1S/C17H18ClNO3/c1-17(2,21-12-20)22-16-9-7-15(8-10-16)19-11-13-3-5-14(18)6-4-13/h3-10,12,19H,11H2,1-2H3. The van der Waals surface area contributed by atoms with Crippen molar-refractivity contribution in [3.05, 3.63) is 59.1 Å². The lowest BCUT2D eigenvalue weighted by atomic mass is 10.2. The molecule has 0 saturated heterocycles. The van der Waals surface area contributed by atoms with E-state index >= 15 is 0 Å². The minimum atomic E-state index is -0.986. The average molecular weight is 320 g/mol. The number of ether oxygens (including phenoxy) is 2. The molecule has 116 valence electrons. The summed E-state index contributed by atoms with van der Waals surface area (Å²) in [6.07, 6.45) is 0. The SMILES string of the molecule is CC(C)(OC=O)Oc1ccc(NCc2ccc(Cl)cc2)cc1. The molecule has 4 nitrogen and oxygen atoms in total. The van der Waals surface area contributed by atoms with Crippen LogP contribution in [0.2, 0.25) is 5.02 Å². The Kier molecular flexibility index (Phi) is 5.28. The van der Waals surface area contributed by atoms with Crippen LogP contribution in [0.25, 0.3) is 0 Å². The first-order chi connectivity index (χ1) is 10.5. The Hall–Kier alpha value is -2.20. The largest absolute Gasteiger partial charge is 0.453 e. The Morgan fingerprint density at radius 2 is 1.73 bits per heavy atom. The van der Waals surface area contributed by atoms with Gasteiger partial charge in [0.25, 0.3) is 6.47 Å². The number of rotatable bonds is 7. The smallest absolute Gasteiger partial charge is 0.296 e. The molecule has 1 N–H and O–H groups in total. The van der Waals surface area contributed by atoms with Crippen molar-refractivity contribution >= 4 is 23.8 Å². The van der Waals surface area contributed by atoms with E-state index in [2.05, 4.69) is 5.32 Å². The fraction of sp³-hybridized carbons (Fsp3) is 0.235. The van der Waals surface area contributed by atoms with Crippen molar-refractivity contribution in [1.29, 1.82) is 0 Å². The van der Waals surface area contributed by atoms with E-state index in [0.29, 0.717) is 18.8 Å². The van der Waals surface area contributed by atoms with Crippen LogP contribution in [0, 0.1) is 0 Å². The zero-order chi connectivity index (χ0) is 16.0. The second kappa shape index (κ2) is 7.18.